The van der Waals surface area contributed by atoms with Crippen molar-refractivity contribution in [1.29, 1.82) is 0 Å². The summed E-state index contributed by atoms with van der Waals surface area (Å²) in [4.78, 5) is 20.8. The molecule has 1 fully saturated rings. The lowest BCUT2D eigenvalue weighted by atomic mass is 10.1. The zero-order valence-electron chi connectivity index (χ0n) is 14.0. The third kappa shape index (κ3) is 3.88. The maximum atomic E-state index is 11.7. The number of benzene rings is 1. The molecule has 2 heterocycles. The number of amides is 1. The number of aliphatic hydroxyl groups excluding tert-OH is 1. The van der Waals surface area contributed by atoms with Crippen molar-refractivity contribution in [2.45, 2.75) is 18.9 Å². The van der Waals surface area contributed by atoms with Crippen LogP contribution in [-0.2, 0) is 9.53 Å². The number of hydrogen-bond donors (Lipinski definition) is 1. The summed E-state index contributed by atoms with van der Waals surface area (Å²) in [5, 5.41) is 11.1. The second-order valence-electron chi connectivity index (χ2n) is 5.88. The highest BCUT2D eigenvalue weighted by atomic mass is 35.5. The smallest absolute Gasteiger partial charge is 0.228 e. The van der Waals surface area contributed by atoms with E-state index in [1.807, 2.05) is 0 Å². The first-order valence-electron chi connectivity index (χ1n) is 8.20. The van der Waals surface area contributed by atoms with E-state index in [4.69, 9.17) is 27.6 Å². The fraction of sp³-hybridized carbons (Fsp3) is 0.389. The van der Waals surface area contributed by atoms with Gasteiger partial charge in [0, 0.05) is 18.0 Å². The first kappa shape index (κ1) is 18.4. The lowest BCUT2D eigenvalue weighted by molar-refractivity contribution is -0.135. The monoisotopic (exact) mass is 375 g/mol. The average molecular weight is 376 g/mol. The predicted octanol–water partition coefficient (Wildman–Crippen LogP) is 2.78. The molecule has 1 aliphatic heterocycles. The van der Waals surface area contributed by atoms with Crippen LogP contribution in [0.15, 0.2) is 24.4 Å². The van der Waals surface area contributed by atoms with E-state index in [0.717, 1.165) is 5.39 Å². The Balaban J connectivity index is 1.57. The summed E-state index contributed by atoms with van der Waals surface area (Å²) in [7, 11) is 0. The number of ether oxygens (including phenoxy) is 2. The maximum absolute atomic E-state index is 11.7. The van der Waals surface area contributed by atoms with Crippen LogP contribution in [0, 0.1) is 6.57 Å². The van der Waals surface area contributed by atoms with Gasteiger partial charge in [-0.25, -0.2) is 9.83 Å². The summed E-state index contributed by atoms with van der Waals surface area (Å²) < 4.78 is 11.1. The molecule has 1 atom stereocenters. The van der Waals surface area contributed by atoms with E-state index in [2.05, 4.69) is 9.83 Å². The number of pyridine rings is 1. The summed E-state index contributed by atoms with van der Waals surface area (Å²) in [6.45, 7) is 7.83. The lowest BCUT2D eigenvalue weighted by Gasteiger charge is -2.22. The third-order valence-electron chi connectivity index (χ3n) is 4.29. The van der Waals surface area contributed by atoms with Gasteiger partial charge in [0.2, 0.25) is 11.6 Å². The summed E-state index contributed by atoms with van der Waals surface area (Å²) in [5.41, 5.74) is 0.384. The number of carbonyl (C=O) groups is 1. The molecular weight excluding hydrogens is 358 g/mol. The van der Waals surface area contributed by atoms with E-state index in [1.54, 1.807) is 24.4 Å². The number of fused-ring (bicyclic) bond motifs is 1. The van der Waals surface area contributed by atoms with Crippen LogP contribution < -0.4 is 4.74 Å². The van der Waals surface area contributed by atoms with E-state index < -0.39 is 0 Å². The molecule has 0 aliphatic carbocycles. The quantitative estimate of drug-likeness (QED) is 0.457. The molecule has 0 radical (unpaired) electrons. The fourth-order valence-corrected chi connectivity index (χ4v) is 3.11. The van der Waals surface area contributed by atoms with Gasteiger partial charge in [0.05, 0.1) is 25.8 Å². The summed E-state index contributed by atoms with van der Waals surface area (Å²) in [5.74, 6) is 0.397. The maximum Gasteiger partial charge on any atom is 0.228 e. The molecule has 0 bridgehead atoms. The Morgan fingerprint density at radius 2 is 2.27 bits per heavy atom. The van der Waals surface area contributed by atoms with Gasteiger partial charge in [-0.15, -0.1) is 0 Å². The molecule has 3 rings (SSSR count). The van der Waals surface area contributed by atoms with Gasteiger partial charge in [-0.1, -0.05) is 11.6 Å². The minimum absolute atomic E-state index is 0.0167. The number of nitrogens with zero attached hydrogens (tertiary/aromatic N) is 3. The lowest BCUT2D eigenvalue weighted by Crippen LogP contribution is -2.37. The van der Waals surface area contributed by atoms with Crippen molar-refractivity contribution in [3.63, 3.8) is 0 Å². The number of aromatic nitrogens is 1. The highest BCUT2D eigenvalue weighted by Gasteiger charge is 2.30. The SMILES string of the molecule is [C-]#[N+]c1cc2ccnc(Cl)c2cc1OCCOCN1C(=O)CC[C@H]1CO. The van der Waals surface area contributed by atoms with Gasteiger partial charge in [0.1, 0.15) is 24.2 Å². The molecule has 0 spiro atoms. The Morgan fingerprint density at radius 3 is 3.04 bits per heavy atom. The largest absolute Gasteiger partial charge is 0.502 e. The molecule has 136 valence electrons. The molecule has 0 unspecified atom stereocenters. The summed E-state index contributed by atoms with van der Waals surface area (Å²) in [6, 6.07) is 5.02. The second-order valence-corrected chi connectivity index (χ2v) is 6.24. The van der Waals surface area contributed by atoms with E-state index in [0.29, 0.717) is 34.8 Å². The van der Waals surface area contributed by atoms with Crippen LogP contribution in [-0.4, -0.2) is 53.5 Å². The van der Waals surface area contributed by atoms with E-state index in [1.165, 1.54) is 4.90 Å². The molecule has 1 aromatic heterocycles. The molecule has 1 saturated heterocycles. The zero-order chi connectivity index (χ0) is 18.5. The molecule has 1 aromatic carbocycles. The minimum atomic E-state index is -0.174. The number of halogens is 1. The van der Waals surface area contributed by atoms with Crippen LogP contribution in [0.1, 0.15) is 12.8 Å². The normalized spacial score (nSPS) is 16.9. The van der Waals surface area contributed by atoms with E-state index in [-0.39, 0.29) is 38.5 Å². The molecule has 26 heavy (non-hydrogen) atoms. The first-order valence-corrected chi connectivity index (χ1v) is 8.58. The summed E-state index contributed by atoms with van der Waals surface area (Å²) in [6.07, 6.45) is 2.67. The standard InChI is InChI=1S/C18H18ClN3O4/c1-20-15-8-12-4-5-21-18(19)14(12)9-16(15)26-7-6-25-11-22-13(10-23)2-3-17(22)24/h4-5,8-9,13,23H,2-3,6-7,10-11H2/t13-/m0/s1. The van der Waals surface area contributed by atoms with Crippen LogP contribution in [0.25, 0.3) is 15.6 Å². The Bertz CT molecular complexity index is 852. The molecule has 2 aromatic rings. The second kappa shape index (κ2) is 8.32. The van der Waals surface area contributed by atoms with Gasteiger partial charge in [0.15, 0.2) is 0 Å². The van der Waals surface area contributed by atoms with Crippen LogP contribution >= 0.6 is 11.6 Å². The van der Waals surface area contributed by atoms with Gasteiger partial charge in [-0.2, -0.15) is 0 Å². The van der Waals surface area contributed by atoms with Gasteiger partial charge < -0.3 is 19.5 Å². The van der Waals surface area contributed by atoms with Crippen molar-refractivity contribution in [3.8, 4) is 5.75 Å². The van der Waals surface area contributed by atoms with Crippen molar-refractivity contribution in [2.75, 3.05) is 26.6 Å². The van der Waals surface area contributed by atoms with Crippen molar-refractivity contribution >= 4 is 34.0 Å². The number of hydrogen-bond acceptors (Lipinski definition) is 5. The van der Waals surface area contributed by atoms with Gasteiger partial charge in [-0.3, -0.25) is 4.79 Å². The topological polar surface area (TPSA) is 76.2 Å². The van der Waals surface area contributed by atoms with Crippen molar-refractivity contribution in [3.05, 3.63) is 41.0 Å². The molecule has 8 heteroatoms. The molecule has 7 nitrogen and oxygen atoms in total. The van der Waals surface area contributed by atoms with Crippen molar-refractivity contribution in [2.24, 2.45) is 0 Å². The average Bonchev–Trinajstić information content (AvgIpc) is 3.01. The Labute approximate surface area is 155 Å². The Morgan fingerprint density at radius 1 is 1.42 bits per heavy atom. The van der Waals surface area contributed by atoms with Crippen LogP contribution in [0.3, 0.4) is 0 Å². The van der Waals surface area contributed by atoms with E-state index >= 15 is 0 Å². The Kier molecular flexibility index (Phi) is 5.89. The molecule has 1 amide bonds. The van der Waals surface area contributed by atoms with Gasteiger partial charge >= 0.3 is 0 Å². The van der Waals surface area contributed by atoms with Gasteiger partial charge in [-0.05, 0) is 30.0 Å². The van der Waals surface area contributed by atoms with Crippen LogP contribution in [0.4, 0.5) is 5.69 Å². The molecule has 1 N–H and O–H groups in total. The zero-order valence-corrected chi connectivity index (χ0v) is 14.8. The number of likely N-dealkylation sites (tertiary alicyclic amines) is 1. The summed E-state index contributed by atoms with van der Waals surface area (Å²) >= 11 is 6.10. The number of carbonyl (C=O) groups excluding carboxylic acids is 1. The molecule has 0 saturated carbocycles. The number of rotatable bonds is 7. The van der Waals surface area contributed by atoms with E-state index in [9.17, 15) is 9.90 Å². The van der Waals surface area contributed by atoms with Gasteiger partial charge in [0.25, 0.3) is 0 Å². The first-order chi connectivity index (χ1) is 12.6. The van der Waals surface area contributed by atoms with Crippen molar-refractivity contribution in [1.82, 2.24) is 9.88 Å². The molecule has 1 aliphatic rings. The fourth-order valence-electron chi connectivity index (χ4n) is 2.89. The predicted molar refractivity (Wildman–Crippen MR) is 96.3 cm³/mol. The highest BCUT2D eigenvalue weighted by Crippen LogP contribution is 2.34. The van der Waals surface area contributed by atoms with Crippen LogP contribution in [0.2, 0.25) is 5.15 Å². The number of aliphatic hydroxyl groups is 1. The Hall–Kier alpha value is -2.40. The minimum Gasteiger partial charge on any atom is -0.502 e. The molecular formula is C18H18ClN3O4. The van der Waals surface area contributed by atoms with Crippen molar-refractivity contribution < 1.29 is 19.4 Å². The highest BCUT2D eigenvalue weighted by molar-refractivity contribution is 6.34. The van der Waals surface area contributed by atoms with Crippen LogP contribution in [0.5, 0.6) is 5.75 Å². The third-order valence-corrected chi connectivity index (χ3v) is 4.60.